The van der Waals surface area contributed by atoms with E-state index in [-0.39, 0.29) is 12.5 Å². The summed E-state index contributed by atoms with van der Waals surface area (Å²) in [6.45, 7) is 4.83. The van der Waals surface area contributed by atoms with E-state index in [4.69, 9.17) is 4.74 Å². The SMILES string of the molecule is CCC(F)(F)Cn1cnc2ccc3sc(=Nc4cc(F)ccc4OC(C)C)ccc3c21. The summed E-state index contributed by atoms with van der Waals surface area (Å²) < 4.78 is 50.6. The lowest BCUT2D eigenvalue weighted by Crippen LogP contribution is -2.22. The zero-order valence-electron chi connectivity index (χ0n) is 17.4. The van der Waals surface area contributed by atoms with E-state index in [0.29, 0.717) is 27.1 Å². The molecule has 0 aliphatic rings. The van der Waals surface area contributed by atoms with Crippen molar-refractivity contribution in [1.82, 2.24) is 9.55 Å². The van der Waals surface area contributed by atoms with Crippen LogP contribution in [0.5, 0.6) is 5.75 Å². The second-order valence-corrected chi connectivity index (χ2v) is 8.65. The largest absolute Gasteiger partial charge is 0.489 e. The molecule has 2 aromatic heterocycles. The molecule has 162 valence electrons. The van der Waals surface area contributed by atoms with Gasteiger partial charge in [-0.15, -0.1) is 11.3 Å². The van der Waals surface area contributed by atoms with Crippen molar-refractivity contribution in [2.45, 2.75) is 45.8 Å². The lowest BCUT2D eigenvalue weighted by atomic mass is 10.2. The van der Waals surface area contributed by atoms with E-state index in [1.54, 1.807) is 12.1 Å². The third-order valence-corrected chi connectivity index (χ3v) is 5.83. The molecule has 2 aromatic carbocycles. The lowest BCUT2D eigenvalue weighted by molar-refractivity contribution is -0.0188. The molecule has 2 heterocycles. The molecular formula is C23H22F3N3OS. The van der Waals surface area contributed by atoms with Gasteiger partial charge in [-0.3, -0.25) is 0 Å². The Bertz CT molecular complexity index is 1310. The minimum absolute atomic E-state index is 0.0745. The third-order valence-electron chi connectivity index (χ3n) is 4.82. The van der Waals surface area contributed by atoms with E-state index in [2.05, 4.69) is 9.98 Å². The maximum Gasteiger partial charge on any atom is 0.265 e. The highest BCUT2D eigenvalue weighted by atomic mass is 32.1. The van der Waals surface area contributed by atoms with E-state index in [0.717, 1.165) is 10.1 Å². The molecule has 0 unspecified atom stereocenters. The summed E-state index contributed by atoms with van der Waals surface area (Å²) in [5, 5.41) is 0.823. The summed E-state index contributed by atoms with van der Waals surface area (Å²) in [6.07, 6.45) is 1.14. The van der Waals surface area contributed by atoms with Gasteiger partial charge in [-0.25, -0.2) is 23.1 Å². The van der Waals surface area contributed by atoms with Crippen LogP contribution in [0.15, 0.2) is 53.8 Å². The van der Waals surface area contributed by atoms with E-state index in [1.165, 1.54) is 41.3 Å². The number of rotatable bonds is 6. The monoisotopic (exact) mass is 445 g/mol. The van der Waals surface area contributed by atoms with Crippen molar-refractivity contribution in [2.24, 2.45) is 4.99 Å². The number of imidazole rings is 1. The van der Waals surface area contributed by atoms with Gasteiger partial charge in [-0.1, -0.05) is 6.92 Å². The summed E-state index contributed by atoms with van der Waals surface area (Å²) in [5.41, 5.74) is 1.73. The summed E-state index contributed by atoms with van der Waals surface area (Å²) in [5.74, 6) is -2.71. The Morgan fingerprint density at radius 1 is 1.16 bits per heavy atom. The van der Waals surface area contributed by atoms with Crippen LogP contribution < -0.4 is 9.41 Å². The predicted octanol–water partition coefficient (Wildman–Crippen LogP) is 6.46. The number of nitrogens with zero attached hydrogens (tertiary/aromatic N) is 3. The number of halogens is 3. The molecule has 4 rings (SSSR count). The first kappa shape index (κ1) is 21.4. The van der Waals surface area contributed by atoms with Gasteiger partial charge in [0.2, 0.25) is 0 Å². The third kappa shape index (κ3) is 4.58. The van der Waals surface area contributed by atoms with Gasteiger partial charge in [-0.05, 0) is 50.2 Å². The quantitative estimate of drug-likeness (QED) is 0.342. The van der Waals surface area contributed by atoms with Crippen molar-refractivity contribution < 1.29 is 17.9 Å². The van der Waals surface area contributed by atoms with Crippen molar-refractivity contribution in [2.75, 3.05) is 0 Å². The van der Waals surface area contributed by atoms with Crippen molar-refractivity contribution in [3.8, 4) is 5.75 Å². The Hall–Kier alpha value is -2.87. The van der Waals surface area contributed by atoms with Gasteiger partial charge in [0, 0.05) is 22.6 Å². The molecule has 0 saturated carbocycles. The highest BCUT2D eigenvalue weighted by molar-refractivity contribution is 7.16. The Kier molecular flexibility index (Phi) is 5.75. The summed E-state index contributed by atoms with van der Waals surface area (Å²) >= 11 is 1.39. The fourth-order valence-electron chi connectivity index (χ4n) is 3.32. The minimum Gasteiger partial charge on any atom is -0.489 e. The molecule has 0 spiro atoms. The molecule has 0 fully saturated rings. The number of aromatic nitrogens is 2. The standard InChI is InChI=1S/C23H22F3N3OS/c1-4-23(25,26)12-29-13-27-17-7-9-20-16(22(17)29)6-10-21(31-20)28-18-11-15(24)5-8-19(18)30-14(2)3/h5-11,13-14H,4,12H2,1-3H3. The van der Waals surface area contributed by atoms with Crippen LogP contribution in [-0.4, -0.2) is 21.6 Å². The molecule has 4 nitrogen and oxygen atoms in total. The molecular weight excluding hydrogens is 423 g/mol. The molecule has 31 heavy (non-hydrogen) atoms. The first-order chi connectivity index (χ1) is 14.8. The number of benzene rings is 2. The number of alkyl halides is 2. The average Bonchev–Trinajstić information content (AvgIpc) is 3.12. The van der Waals surface area contributed by atoms with Crippen LogP contribution >= 0.6 is 11.3 Å². The van der Waals surface area contributed by atoms with Gasteiger partial charge in [-0.2, -0.15) is 0 Å². The zero-order chi connectivity index (χ0) is 22.2. The van der Waals surface area contributed by atoms with Crippen LogP contribution in [0.4, 0.5) is 18.9 Å². The van der Waals surface area contributed by atoms with E-state index >= 15 is 0 Å². The maximum atomic E-state index is 14.0. The van der Waals surface area contributed by atoms with Gasteiger partial charge < -0.3 is 9.30 Å². The van der Waals surface area contributed by atoms with Crippen LogP contribution in [0.25, 0.3) is 21.1 Å². The second kappa shape index (κ2) is 8.34. The van der Waals surface area contributed by atoms with Crippen molar-refractivity contribution in [1.29, 1.82) is 0 Å². The number of ether oxygens (including phenoxy) is 1. The average molecular weight is 446 g/mol. The normalized spacial score (nSPS) is 12.9. The first-order valence-corrected chi connectivity index (χ1v) is 10.8. The number of hydrogen-bond acceptors (Lipinski definition) is 4. The lowest BCUT2D eigenvalue weighted by Gasteiger charge is -2.15. The van der Waals surface area contributed by atoms with E-state index in [9.17, 15) is 13.2 Å². The molecule has 0 atom stereocenters. The number of hydrogen-bond donors (Lipinski definition) is 0. The van der Waals surface area contributed by atoms with Gasteiger partial charge in [0.15, 0.2) is 0 Å². The molecule has 8 heteroatoms. The topological polar surface area (TPSA) is 39.4 Å². The highest BCUT2D eigenvalue weighted by Crippen LogP contribution is 2.31. The maximum absolute atomic E-state index is 14.0. The van der Waals surface area contributed by atoms with Gasteiger partial charge in [0.1, 0.15) is 21.9 Å². The van der Waals surface area contributed by atoms with Gasteiger partial charge >= 0.3 is 0 Å². The Balaban J connectivity index is 1.83. The Labute approximate surface area is 181 Å². The second-order valence-electron chi connectivity index (χ2n) is 7.59. The van der Waals surface area contributed by atoms with Crippen molar-refractivity contribution >= 4 is 38.1 Å². The molecule has 0 aliphatic heterocycles. The van der Waals surface area contributed by atoms with Gasteiger partial charge in [0.05, 0.1) is 30.0 Å². The smallest absolute Gasteiger partial charge is 0.265 e. The summed E-state index contributed by atoms with van der Waals surface area (Å²) in [6, 6.07) is 11.6. The van der Waals surface area contributed by atoms with Crippen LogP contribution in [0.3, 0.4) is 0 Å². The fraction of sp³-hybridized carbons (Fsp3) is 0.304. The molecule has 0 radical (unpaired) electrons. The molecule has 0 amide bonds. The molecule has 0 aliphatic carbocycles. The summed E-state index contributed by atoms with van der Waals surface area (Å²) in [4.78, 5) is 8.86. The van der Waals surface area contributed by atoms with Crippen LogP contribution in [0.1, 0.15) is 27.2 Å². The first-order valence-electron chi connectivity index (χ1n) is 10.0. The summed E-state index contributed by atoms with van der Waals surface area (Å²) in [7, 11) is 0. The fourth-order valence-corrected chi connectivity index (χ4v) is 4.23. The number of fused-ring (bicyclic) bond motifs is 3. The van der Waals surface area contributed by atoms with E-state index in [1.807, 2.05) is 32.0 Å². The zero-order valence-corrected chi connectivity index (χ0v) is 18.2. The Morgan fingerprint density at radius 3 is 2.71 bits per heavy atom. The molecule has 0 saturated heterocycles. The van der Waals surface area contributed by atoms with Gasteiger partial charge in [0.25, 0.3) is 5.92 Å². The van der Waals surface area contributed by atoms with Crippen LogP contribution in [-0.2, 0) is 6.54 Å². The van der Waals surface area contributed by atoms with Crippen LogP contribution in [0.2, 0.25) is 0 Å². The van der Waals surface area contributed by atoms with Crippen molar-refractivity contribution in [3.05, 3.63) is 59.3 Å². The van der Waals surface area contributed by atoms with Crippen LogP contribution in [0, 0.1) is 5.82 Å². The van der Waals surface area contributed by atoms with E-state index < -0.39 is 18.3 Å². The Morgan fingerprint density at radius 2 is 1.97 bits per heavy atom. The highest BCUT2D eigenvalue weighted by Gasteiger charge is 2.27. The van der Waals surface area contributed by atoms with Crippen molar-refractivity contribution in [3.63, 3.8) is 0 Å². The predicted molar refractivity (Wildman–Crippen MR) is 118 cm³/mol. The molecule has 4 aromatic rings. The molecule has 0 bridgehead atoms. The minimum atomic E-state index is -2.81. The molecule has 0 N–H and O–H groups in total.